The van der Waals surface area contributed by atoms with E-state index < -0.39 is 18.1 Å². The van der Waals surface area contributed by atoms with E-state index in [0.717, 1.165) is 0 Å². The molecule has 0 spiro atoms. The van der Waals surface area contributed by atoms with Crippen LogP contribution in [0, 0.1) is 0 Å². The molecule has 19 heavy (non-hydrogen) atoms. The molecule has 1 N–H and O–H groups in total. The van der Waals surface area contributed by atoms with Crippen LogP contribution >= 0.6 is 0 Å². The van der Waals surface area contributed by atoms with E-state index in [2.05, 4.69) is 0 Å². The summed E-state index contributed by atoms with van der Waals surface area (Å²) in [4.78, 5) is 24.5. The Bertz CT molecular complexity index is 309. The van der Waals surface area contributed by atoms with Crippen LogP contribution in [0.25, 0.3) is 0 Å². The summed E-state index contributed by atoms with van der Waals surface area (Å²) in [7, 11) is 0. The van der Waals surface area contributed by atoms with E-state index in [1.807, 2.05) is 6.92 Å². The van der Waals surface area contributed by atoms with Crippen LogP contribution in [0.1, 0.15) is 13.8 Å². The zero-order chi connectivity index (χ0) is 14.3. The van der Waals surface area contributed by atoms with Crippen molar-refractivity contribution in [2.75, 3.05) is 39.6 Å². The highest BCUT2D eigenvalue weighted by Gasteiger charge is 2.34. The van der Waals surface area contributed by atoms with Crippen LogP contribution in [0.3, 0.4) is 0 Å². The molecule has 7 heteroatoms. The first-order valence-electron chi connectivity index (χ1n) is 6.38. The average molecular weight is 275 g/mol. The summed E-state index contributed by atoms with van der Waals surface area (Å²) in [6, 6.07) is -0.931. The van der Waals surface area contributed by atoms with Crippen molar-refractivity contribution in [3.05, 3.63) is 0 Å². The summed E-state index contributed by atoms with van der Waals surface area (Å²) in [5.74, 6) is -1.39. The van der Waals surface area contributed by atoms with Gasteiger partial charge in [0.1, 0.15) is 6.10 Å². The molecule has 0 aromatic carbocycles. The van der Waals surface area contributed by atoms with Crippen molar-refractivity contribution in [3.63, 3.8) is 0 Å². The molecular formula is C12H21NO6. The Kier molecular flexibility index (Phi) is 6.75. The Hall–Kier alpha value is -1.18. The number of amides is 1. The normalized spacial score (nSPS) is 21.2. The van der Waals surface area contributed by atoms with E-state index in [0.29, 0.717) is 26.4 Å². The maximum Gasteiger partial charge on any atom is 0.328 e. The van der Waals surface area contributed by atoms with Gasteiger partial charge in [-0.15, -0.1) is 0 Å². The maximum absolute atomic E-state index is 12.1. The van der Waals surface area contributed by atoms with Gasteiger partial charge in [-0.3, -0.25) is 4.79 Å². The van der Waals surface area contributed by atoms with Gasteiger partial charge >= 0.3 is 5.97 Å². The molecular weight excluding hydrogens is 254 g/mol. The van der Waals surface area contributed by atoms with Gasteiger partial charge in [0.25, 0.3) is 5.91 Å². The standard InChI is InChI=1S/C12H21NO6/c1-3-17-6-7-19-9(2)11(14)13-4-5-18-8-10(13)12(15)16/h9-10H,3-8H2,1-2H3,(H,15,16). The Morgan fingerprint density at radius 2 is 2.21 bits per heavy atom. The Balaban J connectivity index is 2.46. The number of hydrogen-bond acceptors (Lipinski definition) is 5. The summed E-state index contributed by atoms with van der Waals surface area (Å²) >= 11 is 0. The van der Waals surface area contributed by atoms with E-state index >= 15 is 0 Å². The molecule has 0 aromatic rings. The Labute approximate surface area is 112 Å². The number of nitrogens with zero attached hydrogens (tertiary/aromatic N) is 1. The van der Waals surface area contributed by atoms with Gasteiger partial charge in [0.2, 0.25) is 0 Å². The summed E-state index contributed by atoms with van der Waals surface area (Å²) in [6.07, 6.45) is -0.680. The molecule has 0 aliphatic carbocycles. The van der Waals surface area contributed by atoms with Gasteiger partial charge in [0.15, 0.2) is 6.04 Å². The second-order valence-corrected chi connectivity index (χ2v) is 4.17. The lowest BCUT2D eigenvalue weighted by molar-refractivity contribution is -0.164. The number of aliphatic carboxylic acids is 1. The second-order valence-electron chi connectivity index (χ2n) is 4.17. The minimum Gasteiger partial charge on any atom is -0.480 e. The van der Waals surface area contributed by atoms with Crippen molar-refractivity contribution in [2.45, 2.75) is 26.0 Å². The molecule has 1 aliphatic rings. The molecule has 2 unspecified atom stereocenters. The lowest BCUT2D eigenvalue weighted by Crippen LogP contribution is -2.55. The lowest BCUT2D eigenvalue weighted by Gasteiger charge is -2.34. The third-order valence-corrected chi connectivity index (χ3v) is 2.84. The first-order chi connectivity index (χ1) is 9.07. The number of carbonyl (C=O) groups is 2. The van der Waals surface area contributed by atoms with Crippen LogP contribution in [-0.4, -0.2) is 73.6 Å². The monoisotopic (exact) mass is 275 g/mol. The molecule has 2 atom stereocenters. The fraction of sp³-hybridized carbons (Fsp3) is 0.833. The quantitative estimate of drug-likeness (QED) is 0.644. The summed E-state index contributed by atoms with van der Waals surface area (Å²) < 4.78 is 15.5. The second kappa shape index (κ2) is 8.08. The Morgan fingerprint density at radius 1 is 1.47 bits per heavy atom. The van der Waals surface area contributed by atoms with E-state index in [1.165, 1.54) is 4.90 Å². The fourth-order valence-corrected chi connectivity index (χ4v) is 1.81. The minimum atomic E-state index is -1.06. The molecule has 0 aromatic heterocycles. The number of hydrogen-bond donors (Lipinski definition) is 1. The van der Waals surface area contributed by atoms with Gasteiger partial charge in [-0.2, -0.15) is 0 Å². The van der Waals surface area contributed by atoms with Crippen molar-refractivity contribution >= 4 is 11.9 Å². The predicted molar refractivity (Wildman–Crippen MR) is 65.9 cm³/mol. The number of ether oxygens (including phenoxy) is 3. The van der Waals surface area contributed by atoms with Crippen LogP contribution in [0.5, 0.6) is 0 Å². The molecule has 1 rings (SSSR count). The smallest absolute Gasteiger partial charge is 0.328 e. The van der Waals surface area contributed by atoms with Crippen LogP contribution in [0.15, 0.2) is 0 Å². The van der Waals surface area contributed by atoms with Crippen LogP contribution in [0.2, 0.25) is 0 Å². The molecule has 0 saturated carbocycles. The largest absolute Gasteiger partial charge is 0.480 e. The molecule has 1 amide bonds. The summed E-state index contributed by atoms with van der Waals surface area (Å²) in [6.45, 7) is 5.45. The van der Waals surface area contributed by atoms with Gasteiger partial charge in [-0.1, -0.05) is 0 Å². The molecule has 1 saturated heterocycles. The minimum absolute atomic E-state index is 0.0206. The Morgan fingerprint density at radius 3 is 2.84 bits per heavy atom. The SMILES string of the molecule is CCOCCOC(C)C(=O)N1CCOCC1C(=O)O. The summed E-state index contributed by atoms with van der Waals surface area (Å²) in [5.41, 5.74) is 0. The number of carboxylic acids is 1. The van der Waals surface area contributed by atoms with E-state index in [9.17, 15) is 9.59 Å². The highest BCUT2D eigenvalue weighted by Crippen LogP contribution is 2.10. The molecule has 1 fully saturated rings. The van der Waals surface area contributed by atoms with E-state index in [-0.39, 0.29) is 19.1 Å². The topological polar surface area (TPSA) is 85.3 Å². The maximum atomic E-state index is 12.1. The third kappa shape index (κ3) is 4.77. The number of carbonyl (C=O) groups excluding carboxylic acids is 1. The molecule has 110 valence electrons. The van der Waals surface area contributed by atoms with E-state index in [4.69, 9.17) is 19.3 Å². The summed E-state index contributed by atoms with van der Waals surface area (Å²) in [5, 5.41) is 9.05. The molecule has 1 heterocycles. The van der Waals surface area contributed by atoms with Crippen LogP contribution in [-0.2, 0) is 23.8 Å². The number of morpholine rings is 1. The van der Waals surface area contributed by atoms with Crippen molar-refractivity contribution in [1.82, 2.24) is 4.90 Å². The zero-order valence-electron chi connectivity index (χ0n) is 11.3. The molecule has 1 aliphatic heterocycles. The van der Waals surface area contributed by atoms with Crippen molar-refractivity contribution in [2.24, 2.45) is 0 Å². The molecule has 0 bridgehead atoms. The highest BCUT2D eigenvalue weighted by molar-refractivity contribution is 5.86. The van der Waals surface area contributed by atoms with Crippen molar-refractivity contribution in [1.29, 1.82) is 0 Å². The predicted octanol–water partition coefficient (Wildman–Crippen LogP) is -0.260. The van der Waals surface area contributed by atoms with Crippen molar-refractivity contribution < 1.29 is 28.9 Å². The van der Waals surface area contributed by atoms with Gasteiger partial charge in [0, 0.05) is 13.2 Å². The van der Waals surface area contributed by atoms with Crippen LogP contribution in [0.4, 0.5) is 0 Å². The first-order valence-corrected chi connectivity index (χ1v) is 6.38. The van der Waals surface area contributed by atoms with Crippen molar-refractivity contribution in [3.8, 4) is 0 Å². The zero-order valence-corrected chi connectivity index (χ0v) is 11.3. The molecule has 7 nitrogen and oxygen atoms in total. The highest BCUT2D eigenvalue weighted by atomic mass is 16.5. The third-order valence-electron chi connectivity index (χ3n) is 2.84. The van der Waals surface area contributed by atoms with Gasteiger partial charge in [-0.25, -0.2) is 4.79 Å². The fourth-order valence-electron chi connectivity index (χ4n) is 1.81. The van der Waals surface area contributed by atoms with Gasteiger partial charge in [-0.05, 0) is 13.8 Å². The van der Waals surface area contributed by atoms with Gasteiger partial charge < -0.3 is 24.2 Å². The molecule has 0 radical (unpaired) electrons. The first kappa shape index (κ1) is 15.9. The van der Waals surface area contributed by atoms with E-state index in [1.54, 1.807) is 6.92 Å². The van der Waals surface area contributed by atoms with Gasteiger partial charge in [0.05, 0.1) is 26.4 Å². The number of carboxylic acid groups (broad SMARTS) is 1. The average Bonchev–Trinajstić information content (AvgIpc) is 2.42. The number of rotatable bonds is 7. The van der Waals surface area contributed by atoms with Crippen LogP contribution < -0.4 is 0 Å². The lowest BCUT2D eigenvalue weighted by atomic mass is 10.2.